The molecule has 0 saturated carbocycles. The summed E-state index contributed by atoms with van der Waals surface area (Å²) in [5.74, 6) is 0.368. The van der Waals surface area contributed by atoms with Gasteiger partial charge in [-0.1, -0.05) is 6.92 Å². The van der Waals surface area contributed by atoms with Crippen molar-refractivity contribution in [1.29, 1.82) is 0 Å². The third-order valence-electron chi connectivity index (χ3n) is 1.64. The van der Waals surface area contributed by atoms with Gasteiger partial charge in [0.05, 0.1) is 6.61 Å². The second-order valence-corrected chi connectivity index (χ2v) is 2.51. The summed E-state index contributed by atoms with van der Waals surface area (Å²) in [5.41, 5.74) is -0.276. The van der Waals surface area contributed by atoms with Crippen LogP contribution in [0.5, 0.6) is 0 Å². The number of halogens is 2. The van der Waals surface area contributed by atoms with Crippen molar-refractivity contribution in [3.8, 4) is 0 Å². The van der Waals surface area contributed by atoms with Crippen LogP contribution in [0.4, 0.5) is 8.78 Å². The van der Waals surface area contributed by atoms with Crippen molar-refractivity contribution in [1.82, 2.24) is 9.97 Å². The third-order valence-corrected chi connectivity index (χ3v) is 1.64. The first-order valence-corrected chi connectivity index (χ1v) is 3.92. The average Bonchev–Trinajstić information content (AvgIpc) is 2.16. The van der Waals surface area contributed by atoms with Gasteiger partial charge in [0, 0.05) is 18.2 Å². The summed E-state index contributed by atoms with van der Waals surface area (Å²) in [4.78, 5) is 7.45. The highest BCUT2D eigenvalue weighted by Crippen LogP contribution is 2.20. The molecule has 0 saturated heterocycles. The first kappa shape index (κ1) is 9.98. The molecular weight excluding hydrogens is 178 g/mol. The van der Waals surface area contributed by atoms with Gasteiger partial charge in [0.25, 0.3) is 6.43 Å². The first-order valence-electron chi connectivity index (χ1n) is 3.92. The summed E-state index contributed by atoms with van der Waals surface area (Å²) in [6.07, 6.45) is -0.908. The van der Waals surface area contributed by atoms with E-state index in [0.29, 0.717) is 12.2 Å². The highest BCUT2D eigenvalue weighted by atomic mass is 19.3. The van der Waals surface area contributed by atoms with Gasteiger partial charge < -0.3 is 5.11 Å². The molecule has 0 bridgehead atoms. The van der Waals surface area contributed by atoms with Crippen molar-refractivity contribution in [3.05, 3.63) is 23.3 Å². The molecule has 1 heterocycles. The van der Waals surface area contributed by atoms with Crippen molar-refractivity contribution >= 4 is 0 Å². The Morgan fingerprint density at radius 2 is 2.23 bits per heavy atom. The Labute approximate surface area is 74.5 Å². The Morgan fingerprint density at radius 1 is 1.54 bits per heavy atom. The molecule has 0 amide bonds. The van der Waals surface area contributed by atoms with Crippen molar-refractivity contribution in [2.45, 2.75) is 26.4 Å². The normalized spacial score (nSPS) is 10.8. The second-order valence-electron chi connectivity index (χ2n) is 2.51. The molecule has 1 aromatic rings. The van der Waals surface area contributed by atoms with E-state index in [-0.39, 0.29) is 11.3 Å². The van der Waals surface area contributed by atoms with Gasteiger partial charge in [0.2, 0.25) is 0 Å². The molecule has 0 fully saturated rings. The zero-order chi connectivity index (χ0) is 9.84. The molecule has 72 valence electrons. The molecule has 1 aromatic heterocycles. The first-order chi connectivity index (χ1) is 6.19. The molecule has 1 N–H and O–H groups in total. The number of rotatable bonds is 3. The molecule has 3 nitrogen and oxygen atoms in total. The SMILES string of the molecule is CCc1ncc(CO)c(C(F)F)n1. The molecular formula is C8H10F2N2O. The van der Waals surface area contributed by atoms with Gasteiger partial charge in [-0.15, -0.1) is 0 Å². The number of aromatic nitrogens is 2. The van der Waals surface area contributed by atoms with E-state index in [2.05, 4.69) is 9.97 Å². The fourth-order valence-electron chi connectivity index (χ4n) is 0.939. The minimum absolute atomic E-state index is 0.0900. The lowest BCUT2D eigenvalue weighted by molar-refractivity contribution is 0.141. The molecule has 0 unspecified atom stereocenters. The fraction of sp³-hybridized carbons (Fsp3) is 0.500. The summed E-state index contributed by atoms with van der Waals surface area (Å²) >= 11 is 0. The van der Waals surface area contributed by atoms with E-state index in [0.717, 1.165) is 0 Å². The van der Waals surface area contributed by atoms with Crippen molar-refractivity contribution < 1.29 is 13.9 Å². The van der Waals surface area contributed by atoms with E-state index >= 15 is 0 Å². The minimum Gasteiger partial charge on any atom is -0.392 e. The van der Waals surface area contributed by atoms with Crippen molar-refractivity contribution in [3.63, 3.8) is 0 Å². The lowest BCUT2D eigenvalue weighted by atomic mass is 10.2. The van der Waals surface area contributed by atoms with Crippen LogP contribution in [0.3, 0.4) is 0 Å². The Hall–Kier alpha value is -1.10. The molecule has 1 rings (SSSR count). The number of aryl methyl sites for hydroxylation is 1. The molecule has 0 aliphatic carbocycles. The van der Waals surface area contributed by atoms with Crippen molar-refractivity contribution in [2.75, 3.05) is 0 Å². The highest BCUT2D eigenvalue weighted by molar-refractivity contribution is 5.17. The van der Waals surface area contributed by atoms with Gasteiger partial charge in [-0.05, 0) is 0 Å². The van der Waals surface area contributed by atoms with Crippen molar-refractivity contribution in [2.24, 2.45) is 0 Å². The summed E-state index contributed by atoms with van der Waals surface area (Å²) in [6.45, 7) is 1.33. The van der Waals surface area contributed by atoms with E-state index in [9.17, 15) is 8.78 Å². The molecule has 0 aliphatic rings. The van der Waals surface area contributed by atoms with Gasteiger partial charge in [0.15, 0.2) is 0 Å². The van der Waals surface area contributed by atoms with E-state index in [1.165, 1.54) is 6.20 Å². The predicted molar refractivity (Wildman–Crippen MR) is 42.3 cm³/mol. The molecule has 0 radical (unpaired) electrons. The molecule has 5 heteroatoms. The quantitative estimate of drug-likeness (QED) is 0.781. The number of nitrogens with zero attached hydrogens (tertiary/aromatic N) is 2. The predicted octanol–water partition coefficient (Wildman–Crippen LogP) is 1.47. The van der Waals surface area contributed by atoms with Gasteiger partial charge in [-0.3, -0.25) is 0 Å². The summed E-state index contributed by atoms with van der Waals surface area (Å²) in [6, 6.07) is 0. The minimum atomic E-state index is -2.66. The molecule has 0 aliphatic heterocycles. The summed E-state index contributed by atoms with van der Waals surface area (Å²) in [7, 11) is 0. The van der Waals surface area contributed by atoms with Crippen LogP contribution in [0, 0.1) is 0 Å². The van der Waals surface area contributed by atoms with Gasteiger partial charge >= 0.3 is 0 Å². The Bertz CT molecular complexity index is 291. The monoisotopic (exact) mass is 188 g/mol. The average molecular weight is 188 g/mol. The number of hydrogen-bond acceptors (Lipinski definition) is 3. The van der Waals surface area contributed by atoms with E-state index < -0.39 is 13.0 Å². The van der Waals surface area contributed by atoms with Crippen LogP contribution < -0.4 is 0 Å². The second kappa shape index (κ2) is 4.23. The van der Waals surface area contributed by atoms with Crippen LogP contribution in [-0.4, -0.2) is 15.1 Å². The van der Waals surface area contributed by atoms with E-state index in [1.807, 2.05) is 0 Å². The fourth-order valence-corrected chi connectivity index (χ4v) is 0.939. The van der Waals surface area contributed by atoms with Crippen LogP contribution in [0.25, 0.3) is 0 Å². The summed E-state index contributed by atoms with van der Waals surface area (Å²) < 4.78 is 24.7. The van der Waals surface area contributed by atoms with Crippen LogP contribution in [0.15, 0.2) is 6.20 Å². The zero-order valence-electron chi connectivity index (χ0n) is 7.17. The molecule has 0 aromatic carbocycles. The number of aliphatic hydroxyl groups is 1. The Balaban J connectivity index is 3.10. The third kappa shape index (κ3) is 2.18. The largest absolute Gasteiger partial charge is 0.392 e. The van der Waals surface area contributed by atoms with E-state index in [4.69, 9.17) is 5.11 Å². The zero-order valence-corrected chi connectivity index (χ0v) is 7.17. The number of hydrogen-bond donors (Lipinski definition) is 1. The maximum Gasteiger partial charge on any atom is 0.280 e. The molecule has 13 heavy (non-hydrogen) atoms. The topological polar surface area (TPSA) is 46.0 Å². The van der Waals surface area contributed by atoms with Crippen LogP contribution in [-0.2, 0) is 13.0 Å². The van der Waals surface area contributed by atoms with Gasteiger partial charge in [0.1, 0.15) is 11.5 Å². The van der Waals surface area contributed by atoms with Crippen LogP contribution in [0.1, 0.15) is 30.4 Å². The number of aliphatic hydroxyl groups excluding tert-OH is 1. The number of alkyl halides is 2. The summed E-state index contributed by atoms with van der Waals surface area (Å²) in [5, 5.41) is 8.72. The Morgan fingerprint density at radius 3 is 2.69 bits per heavy atom. The maximum atomic E-state index is 12.3. The van der Waals surface area contributed by atoms with Crippen LogP contribution in [0.2, 0.25) is 0 Å². The highest BCUT2D eigenvalue weighted by Gasteiger charge is 2.15. The van der Waals surface area contributed by atoms with Gasteiger partial charge in [-0.2, -0.15) is 0 Å². The lowest BCUT2D eigenvalue weighted by Gasteiger charge is -2.05. The molecule has 0 atom stereocenters. The van der Waals surface area contributed by atoms with E-state index in [1.54, 1.807) is 6.92 Å². The smallest absolute Gasteiger partial charge is 0.280 e. The Kier molecular flexibility index (Phi) is 3.25. The standard InChI is InChI=1S/C8H10F2N2O/c1-2-6-11-3-5(4-13)7(12-6)8(9)10/h3,8,13H,2,4H2,1H3. The molecule has 0 spiro atoms. The van der Waals surface area contributed by atoms with Crippen LogP contribution >= 0.6 is 0 Å². The lowest BCUT2D eigenvalue weighted by Crippen LogP contribution is -2.04. The van der Waals surface area contributed by atoms with Gasteiger partial charge in [-0.25, -0.2) is 18.7 Å². The maximum absolute atomic E-state index is 12.3.